The van der Waals surface area contributed by atoms with Gasteiger partial charge in [0.2, 0.25) is 0 Å². The molecule has 0 aliphatic rings. The molecule has 0 radical (unpaired) electrons. The molecule has 1 unspecified atom stereocenters. The molecule has 0 aliphatic carbocycles. The van der Waals surface area contributed by atoms with Crippen LogP contribution in [0.1, 0.15) is 11.6 Å². The van der Waals surface area contributed by atoms with Crippen molar-refractivity contribution in [2.75, 3.05) is 14.2 Å². The maximum absolute atomic E-state index is 5.86. The van der Waals surface area contributed by atoms with Crippen LogP contribution in [0.25, 0.3) is 0 Å². The summed E-state index contributed by atoms with van der Waals surface area (Å²) in [6.07, 6.45) is 1.83. The van der Waals surface area contributed by atoms with Gasteiger partial charge in [-0.2, -0.15) is 0 Å². The maximum Gasteiger partial charge on any atom is 0.125 e. The summed E-state index contributed by atoms with van der Waals surface area (Å²) in [5, 5.41) is 3.79. The first-order valence-electron chi connectivity index (χ1n) is 4.36. The molecule has 1 aromatic carbocycles. The Morgan fingerprint density at radius 1 is 1.57 bits per heavy atom. The summed E-state index contributed by atoms with van der Waals surface area (Å²) in [4.78, 5) is 0. The number of ether oxygens (including phenoxy) is 1. The van der Waals surface area contributed by atoms with Gasteiger partial charge in [0.05, 0.1) is 13.2 Å². The molecule has 0 saturated heterocycles. The Kier molecular flexibility index (Phi) is 3.98. The lowest BCUT2D eigenvalue weighted by atomic mass is 10.1. The largest absolute Gasteiger partial charge is 0.496 e. The molecule has 0 amide bonds. The van der Waals surface area contributed by atoms with Crippen LogP contribution in [-0.2, 0) is 0 Å². The Hall–Kier alpha value is -0.990. The van der Waals surface area contributed by atoms with Gasteiger partial charge < -0.3 is 10.1 Å². The van der Waals surface area contributed by atoms with Crippen molar-refractivity contribution in [3.63, 3.8) is 0 Å². The first-order valence-corrected chi connectivity index (χ1v) is 4.74. The molecule has 14 heavy (non-hydrogen) atoms. The molecule has 0 aliphatic heterocycles. The number of benzene rings is 1. The molecule has 1 N–H and O–H groups in total. The van der Waals surface area contributed by atoms with E-state index in [4.69, 9.17) is 16.3 Å². The Bertz CT molecular complexity index is 325. The lowest BCUT2D eigenvalue weighted by Gasteiger charge is -2.15. The highest BCUT2D eigenvalue weighted by Gasteiger charge is 2.10. The number of likely N-dealkylation sites (N-methyl/N-ethyl adjacent to an activating group) is 1. The van der Waals surface area contributed by atoms with Gasteiger partial charge in [-0.25, -0.2) is 0 Å². The van der Waals surface area contributed by atoms with E-state index >= 15 is 0 Å². The van der Waals surface area contributed by atoms with Crippen LogP contribution in [0.3, 0.4) is 0 Å². The van der Waals surface area contributed by atoms with Crippen LogP contribution in [0.15, 0.2) is 30.9 Å². The monoisotopic (exact) mass is 211 g/mol. The fourth-order valence-corrected chi connectivity index (χ4v) is 1.50. The summed E-state index contributed by atoms with van der Waals surface area (Å²) in [5.74, 6) is 0.775. The number of rotatable bonds is 4. The summed E-state index contributed by atoms with van der Waals surface area (Å²) < 4.78 is 5.24. The van der Waals surface area contributed by atoms with Crippen molar-refractivity contribution in [2.45, 2.75) is 6.04 Å². The molecule has 1 aromatic rings. The van der Waals surface area contributed by atoms with Crippen LogP contribution < -0.4 is 10.1 Å². The summed E-state index contributed by atoms with van der Waals surface area (Å²) in [6, 6.07) is 5.66. The highest BCUT2D eigenvalue weighted by Crippen LogP contribution is 2.28. The lowest BCUT2D eigenvalue weighted by Crippen LogP contribution is -2.14. The van der Waals surface area contributed by atoms with Gasteiger partial charge in [-0.1, -0.05) is 23.7 Å². The molecule has 0 spiro atoms. The maximum atomic E-state index is 5.86. The first-order chi connectivity index (χ1) is 6.72. The van der Waals surface area contributed by atoms with Crippen molar-refractivity contribution >= 4 is 11.6 Å². The molecular weight excluding hydrogens is 198 g/mol. The zero-order chi connectivity index (χ0) is 10.6. The lowest BCUT2D eigenvalue weighted by molar-refractivity contribution is 0.406. The van der Waals surface area contributed by atoms with Gasteiger partial charge in [0, 0.05) is 10.6 Å². The van der Waals surface area contributed by atoms with E-state index in [1.54, 1.807) is 13.2 Å². The van der Waals surface area contributed by atoms with Gasteiger partial charge in [0.25, 0.3) is 0 Å². The van der Waals surface area contributed by atoms with E-state index in [2.05, 4.69) is 11.9 Å². The van der Waals surface area contributed by atoms with Crippen molar-refractivity contribution < 1.29 is 4.74 Å². The molecule has 0 aromatic heterocycles. The van der Waals surface area contributed by atoms with Crippen molar-refractivity contribution in [1.29, 1.82) is 0 Å². The zero-order valence-corrected chi connectivity index (χ0v) is 9.14. The molecule has 1 atom stereocenters. The molecule has 0 fully saturated rings. The molecule has 0 heterocycles. The quantitative estimate of drug-likeness (QED) is 0.774. The summed E-state index contributed by atoms with van der Waals surface area (Å²) in [6.45, 7) is 3.76. The van der Waals surface area contributed by atoms with E-state index in [0.29, 0.717) is 5.02 Å². The average molecular weight is 212 g/mol. The van der Waals surface area contributed by atoms with Crippen LogP contribution in [0.2, 0.25) is 5.02 Å². The third-order valence-electron chi connectivity index (χ3n) is 2.08. The van der Waals surface area contributed by atoms with E-state index in [1.807, 2.05) is 25.3 Å². The number of hydrogen-bond donors (Lipinski definition) is 1. The second-order valence-corrected chi connectivity index (χ2v) is 3.32. The van der Waals surface area contributed by atoms with E-state index in [0.717, 1.165) is 11.3 Å². The third kappa shape index (κ3) is 2.28. The van der Waals surface area contributed by atoms with E-state index < -0.39 is 0 Å². The SMILES string of the molecule is C=CC(NC)c1ccc(Cl)cc1OC. The Balaban J connectivity index is 3.12. The molecular formula is C11H14ClNO. The van der Waals surface area contributed by atoms with Crippen LogP contribution in [0, 0.1) is 0 Å². The zero-order valence-electron chi connectivity index (χ0n) is 8.38. The number of nitrogens with one attached hydrogen (secondary N) is 1. The second kappa shape index (κ2) is 5.03. The predicted molar refractivity (Wildman–Crippen MR) is 60.0 cm³/mol. The van der Waals surface area contributed by atoms with Crippen molar-refractivity contribution in [3.8, 4) is 5.75 Å². The minimum absolute atomic E-state index is 0.0854. The van der Waals surface area contributed by atoms with E-state index in [9.17, 15) is 0 Å². The number of halogens is 1. The number of hydrogen-bond acceptors (Lipinski definition) is 2. The van der Waals surface area contributed by atoms with Crippen molar-refractivity contribution in [1.82, 2.24) is 5.32 Å². The first kappa shape index (κ1) is 11.1. The van der Waals surface area contributed by atoms with Crippen LogP contribution in [0.4, 0.5) is 0 Å². The minimum Gasteiger partial charge on any atom is -0.496 e. The fourth-order valence-electron chi connectivity index (χ4n) is 1.34. The van der Waals surface area contributed by atoms with Crippen molar-refractivity contribution in [2.24, 2.45) is 0 Å². The van der Waals surface area contributed by atoms with Crippen molar-refractivity contribution in [3.05, 3.63) is 41.4 Å². The Morgan fingerprint density at radius 3 is 2.79 bits per heavy atom. The minimum atomic E-state index is 0.0854. The van der Waals surface area contributed by atoms with E-state index in [-0.39, 0.29) is 6.04 Å². The molecule has 2 nitrogen and oxygen atoms in total. The third-order valence-corrected chi connectivity index (χ3v) is 2.31. The Labute approximate surface area is 89.5 Å². The van der Waals surface area contributed by atoms with Gasteiger partial charge in [-0.15, -0.1) is 6.58 Å². The highest BCUT2D eigenvalue weighted by molar-refractivity contribution is 6.30. The molecule has 0 bridgehead atoms. The fraction of sp³-hybridized carbons (Fsp3) is 0.273. The smallest absolute Gasteiger partial charge is 0.125 e. The average Bonchev–Trinajstić information content (AvgIpc) is 2.21. The molecule has 1 rings (SSSR count). The standard InChI is InChI=1S/C11H14ClNO/c1-4-10(13-2)9-6-5-8(12)7-11(9)14-3/h4-7,10,13H,1H2,2-3H3. The summed E-state index contributed by atoms with van der Waals surface area (Å²) in [7, 11) is 3.51. The van der Waals surface area contributed by atoms with E-state index in [1.165, 1.54) is 0 Å². The topological polar surface area (TPSA) is 21.3 Å². The van der Waals surface area contributed by atoms with Crippen LogP contribution >= 0.6 is 11.6 Å². The van der Waals surface area contributed by atoms with Gasteiger partial charge in [-0.3, -0.25) is 0 Å². The Morgan fingerprint density at radius 2 is 2.29 bits per heavy atom. The summed E-state index contributed by atoms with van der Waals surface area (Å²) >= 11 is 5.86. The van der Waals surface area contributed by atoms with Gasteiger partial charge in [-0.05, 0) is 19.2 Å². The highest BCUT2D eigenvalue weighted by atomic mass is 35.5. The van der Waals surface area contributed by atoms with Crippen LogP contribution in [-0.4, -0.2) is 14.2 Å². The van der Waals surface area contributed by atoms with Gasteiger partial charge in [0.1, 0.15) is 5.75 Å². The molecule has 0 saturated carbocycles. The molecule has 3 heteroatoms. The van der Waals surface area contributed by atoms with Gasteiger partial charge >= 0.3 is 0 Å². The predicted octanol–water partition coefficient (Wildman–Crippen LogP) is 2.80. The molecule has 76 valence electrons. The summed E-state index contributed by atoms with van der Waals surface area (Å²) in [5.41, 5.74) is 1.04. The van der Waals surface area contributed by atoms with Gasteiger partial charge in [0.15, 0.2) is 0 Å². The van der Waals surface area contributed by atoms with Crippen LogP contribution in [0.5, 0.6) is 5.75 Å². The normalized spacial score (nSPS) is 12.2. The second-order valence-electron chi connectivity index (χ2n) is 2.89. The number of methoxy groups -OCH3 is 1.